The first-order valence-electron chi connectivity index (χ1n) is 8.02. The molecule has 1 aromatic carbocycles. The van der Waals surface area contributed by atoms with Gasteiger partial charge in [0.1, 0.15) is 0 Å². The van der Waals surface area contributed by atoms with E-state index in [1.807, 2.05) is 6.07 Å². The van der Waals surface area contributed by atoms with Gasteiger partial charge in [-0.2, -0.15) is 0 Å². The Morgan fingerprint density at radius 1 is 1.36 bits per heavy atom. The number of fused-ring (bicyclic) bond motifs is 1. The SMILES string of the molecule is COCCN1CCC(NC(=O)C2Cc3ccccc3S2)CC1. The molecular weight excluding hydrogens is 296 g/mol. The summed E-state index contributed by atoms with van der Waals surface area (Å²) in [4.78, 5) is 16.1. The quantitative estimate of drug-likeness (QED) is 0.900. The summed E-state index contributed by atoms with van der Waals surface area (Å²) in [6.45, 7) is 3.87. The number of hydrogen-bond donors (Lipinski definition) is 1. The molecule has 1 unspecified atom stereocenters. The molecule has 1 amide bonds. The van der Waals surface area contributed by atoms with E-state index >= 15 is 0 Å². The van der Waals surface area contributed by atoms with Gasteiger partial charge in [0.25, 0.3) is 0 Å². The van der Waals surface area contributed by atoms with Crippen LogP contribution in [0.25, 0.3) is 0 Å². The molecule has 2 aliphatic rings. The molecule has 1 N–H and O–H groups in total. The van der Waals surface area contributed by atoms with Crippen LogP contribution in [-0.2, 0) is 16.0 Å². The number of ether oxygens (including phenoxy) is 1. The van der Waals surface area contributed by atoms with Gasteiger partial charge in [-0.05, 0) is 30.9 Å². The summed E-state index contributed by atoms with van der Waals surface area (Å²) < 4.78 is 5.12. The number of methoxy groups -OCH3 is 1. The van der Waals surface area contributed by atoms with Gasteiger partial charge in [-0.3, -0.25) is 4.79 Å². The van der Waals surface area contributed by atoms with Crippen molar-refractivity contribution in [2.45, 2.75) is 35.4 Å². The highest BCUT2D eigenvalue weighted by Gasteiger charge is 2.30. The van der Waals surface area contributed by atoms with E-state index in [9.17, 15) is 4.79 Å². The van der Waals surface area contributed by atoms with Crippen molar-refractivity contribution in [2.24, 2.45) is 0 Å². The second kappa shape index (κ2) is 7.49. The molecule has 0 radical (unpaired) electrons. The van der Waals surface area contributed by atoms with Crippen LogP contribution in [-0.4, -0.2) is 55.4 Å². The highest BCUT2D eigenvalue weighted by atomic mass is 32.2. The van der Waals surface area contributed by atoms with Crippen LogP contribution in [0.4, 0.5) is 0 Å². The number of benzene rings is 1. The highest BCUT2D eigenvalue weighted by Crippen LogP contribution is 2.36. The Morgan fingerprint density at radius 2 is 2.14 bits per heavy atom. The Hall–Kier alpha value is -1.04. The Balaban J connectivity index is 1.44. The Kier molecular flexibility index (Phi) is 5.39. The first kappa shape index (κ1) is 15.8. The number of nitrogens with zero attached hydrogens (tertiary/aromatic N) is 1. The van der Waals surface area contributed by atoms with Crippen LogP contribution in [0.1, 0.15) is 18.4 Å². The molecule has 0 aromatic heterocycles. The lowest BCUT2D eigenvalue weighted by atomic mass is 10.0. The van der Waals surface area contributed by atoms with Crippen LogP contribution in [0.3, 0.4) is 0 Å². The summed E-state index contributed by atoms with van der Waals surface area (Å²) in [7, 11) is 1.74. The van der Waals surface area contributed by atoms with Crippen LogP contribution in [0.5, 0.6) is 0 Å². The fourth-order valence-electron chi connectivity index (χ4n) is 3.14. The van der Waals surface area contributed by atoms with Crippen LogP contribution in [0, 0.1) is 0 Å². The summed E-state index contributed by atoms with van der Waals surface area (Å²) in [6, 6.07) is 8.67. The number of likely N-dealkylation sites (tertiary alicyclic amines) is 1. The average molecular weight is 320 g/mol. The van der Waals surface area contributed by atoms with Crippen molar-refractivity contribution >= 4 is 17.7 Å². The Morgan fingerprint density at radius 3 is 2.86 bits per heavy atom. The van der Waals surface area contributed by atoms with Gasteiger partial charge < -0.3 is 15.0 Å². The molecule has 0 aliphatic carbocycles. The minimum Gasteiger partial charge on any atom is -0.383 e. The zero-order valence-corrected chi connectivity index (χ0v) is 13.9. The largest absolute Gasteiger partial charge is 0.383 e. The van der Waals surface area contributed by atoms with E-state index in [0.717, 1.165) is 45.5 Å². The van der Waals surface area contributed by atoms with Gasteiger partial charge in [0.15, 0.2) is 0 Å². The molecule has 1 saturated heterocycles. The second-order valence-electron chi connectivity index (χ2n) is 6.04. The van der Waals surface area contributed by atoms with Crippen molar-refractivity contribution < 1.29 is 9.53 Å². The van der Waals surface area contributed by atoms with Crippen molar-refractivity contribution in [1.29, 1.82) is 0 Å². The topological polar surface area (TPSA) is 41.6 Å². The average Bonchev–Trinajstić information content (AvgIpc) is 2.98. The van der Waals surface area contributed by atoms with Crippen LogP contribution >= 0.6 is 11.8 Å². The Labute approximate surface area is 136 Å². The zero-order valence-electron chi connectivity index (χ0n) is 13.1. The molecule has 1 aromatic rings. The highest BCUT2D eigenvalue weighted by molar-refractivity contribution is 8.01. The predicted octanol–water partition coefficient (Wildman–Crippen LogP) is 1.93. The molecule has 120 valence electrons. The lowest BCUT2D eigenvalue weighted by Gasteiger charge is -2.32. The van der Waals surface area contributed by atoms with Gasteiger partial charge in [0.05, 0.1) is 11.9 Å². The van der Waals surface area contributed by atoms with Crippen LogP contribution in [0.2, 0.25) is 0 Å². The number of thioether (sulfide) groups is 1. The summed E-state index contributed by atoms with van der Waals surface area (Å²) in [5.74, 6) is 0.205. The third-order valence-electron chi connectivity index (χ3n) is 4.49. The third-order valence-corrected chi connectivity index (χ3v) is 5.80. The number of rotatable bonds is 5. The molecule has 2 heterocycles. The first-order valence-corrected chi connectivity index (χ1v) is 8.90. The van der Waals surface area contributed by atoms with Gasteiger partial charge in [-0.25, -0.2) is 0 Å². The van der Waals surface area contributed by atoms with Gasteiger partial charge in [0, 0.05) is 37.7 Å². The van der Waals surface area contributed by atoms with E-state index in [1.54, 1.807) is 18.9 Å². The monoisotopic (exact) mass is 320 g/mol. The molecule has 2 aliphatic heterocycles. The second-order valence-corrected chi connectivity index (χ2v) is 7.28. The molecule has 5 heteroatoms. The molecule has 0 bridgehead atoms. The van der Waals surface area contributed by atoms with Gasteiger partial charge in [-0.15, -0.1) is 11.8 Å². The van der Waals surface area contributed by atoms with Gasteiger partial charge >= 0.3 is 0 Å². The van der Waals surface area contributed by atoms with E-state index < -0.39 is 0 Å². The molecule has 1 fully saturated rings. The predicted molar refractivity (Wildman–Crippen MR) is 89.3 cm³/mol. The van der Waals surface area contributed by atoms with E-state index in [2.05, 4.69) is 28.4 Å². The summed E-state index contributed by atoms with van der Waals surface area (Å²) in [5, 5.41) is 3.30. The van der Waals surface area contributed by atoms with E-state index in [0.29, 0.717) is 6.04 Å². The number of carbonyl (C=O) groups excluding carboxylic acids is 1. The molecule has 3 rings (SSSR count). The minimum atomic E-state index is 0.0453. The van der Waals surface area contributed by atoms with Crippen molar-refractivity contribution in [3.63, 3.8) is 0 Å². The summed E-state index contributed by atoms with van der Waals surface area (Å²) in [6.07, 6.45) is 2.94. The molecule has 22 heavy (non-hydrogen) atoms. The van der Waals surface area contributed by atoms with Crippen LogP contribution < -0.4 is 5.32 Å². The van der Waals surface area contributed by atoms with Crippen LogP contribution in [0.15, 0.2) is 29.2 Å². The number of amides is 1. The minimum absolute atomic E-state index is 0.0453. The molecule has 4 nitrogen and oxygen atoms in total. The van der Waals surface area contributed by atoms with Crippen molar-refractivity contribution in [3.05, 3.63) is 29.8 Å². The third kappa shape index (κ3) is 3.83. The number of piperidine rings is 1. The maximum absolute atomic E-state index is 12.5. The zero-order chi connectivity index (χ0) is 15.4. The molecule has 0 spiro atoms. The lowest BCUT2D eigenvalue weighted by Crippen LogP contribution is -2.47. The molecule has 0 saturated carbocycles. The van der Waals surface area contributed by atoms with Gasteiger partial charge in [-0.1, -0.05) is 18.2 Å². The van der Waals surface area contributed by atoms with Crippen molar-refractivity contribution in [3.8, 4) is 0 Å². The number of carbonyl (C=O) groups is 1. The van der Waals surface area contributed by atoms with E-state index in [4.69, 9.17) is 4.74 Å². The number of nitrogens with one attached hydrogen (secondary N) is 1. The lowest BCUT2D eigenvalue weighted by molar-refractivity contribution is -0.121. The first-order chi connectivity index (χ1) is 10.8. The van der Waals surface area contributed by atoms with Crippen molar-refractivity contribution in [2.75, 3.05) is 33.4 Å². The molecule has 1 atom stereocenters. The van der Waals surface area contributed by atoms with E-state index in [-0.39, 0.29) is 11.2 Å². The standard InChI is InChI=1S/C17H24N2O2S/c1-21-11-10-19-8-6-14(7-9-19)18-17(20)16-12-13-4-2-3-5-15(13)22-16/h2-5,14,16H,6-12H2,1H3,(H,18,20). The normalized spacial score (nSPS) is 22.5. The fourth-order valence-corrected chi connectivity index (χ4v) is 4.35. The summed E-state index contributed by atoms with van der Waals surface area (Å²) in [5.41, 5.74) is 1.31. The fraction of sp³-hybridized carbons (Fsp3) is 0.588. The maximum atomic E-state index is 12.5. The molecular formula is C17H24N2O2S. The number of hydrogen-bond acceptors (Lipinski definition) is 4. The Bertz CT molecular complexity index is 490. The summed E-state index contributed by atoms with van der Waals surface area (Å²) >= 11 is 1.71. The van der Waals surface area contributed by atoms with E-state index in [1.165, 1.54) is 10.5 Å². The van der Waals surface area contributed by atoms with Gasteiger partial charge in [0.2, 0.25) is 5.91 Å². The smallest absolute Gasteiger partial charge is 0.234 e. The van der Waals surface area contributed by atoms with Crippen molar-refractivity contribution in [1.82, 2.24) is 10.2 Å². The maximum Gasteiger partial charge on any atom is 0.234 e.